The molecule has 0 saturated carbocycles. The summed E-state index contributed by atoms with van der Waals surface area (Å²) in [7, 11) is 0. The molecule has 4 heteroatoms. The van der Waals surface area contributed by atoms with Crippen molar-refractivity contribution in [2.75, 3.05) is 11.4 Å². The molecule has 1 aliphatic rings. The standard InChI is InChI=1S/C57H58BN3/c1-8-9-10-19-32-59-55-30-28-41(60-51-24-15-11-20-43(51)44-21-12-16-25-52(44)60)35-49(55)58(57-47(38(4)5)33-40(37(2)3)34-48(57)39(6)7)50-36-42(29-31-56(50)59)61-53-26-17-13-22-45(53)46-23-14-18-27-54(46)61/h11-18,20-31,33-39H,8-10,19,32H2,1-7H3. The maximum absolute atomic E-state index is 2.68. The van der Waals surface area contributed by atoms with E-state index in [4.69, 9.17) is 0 Å². The number of benzene rings is 7. The first-order valence-corrected chi connectivity index (χ1v) is 22.9. The van der Waals surface area contributed by atoms with Crippen molar-refractivity contribution in [1.82, 2.24) is 9.13 Å². The highest BCUT2D eigenvalue weighted by Gasteiger charge is 2.39. The van der Waals surface area contributed by atoms with Gasteiger partial charge in [0.05, 0.1) is 22.1 Å². The molecule has 0 radical (unpaired) electrons. The van der Waals surface area contributed by atoms with Crippen LogP contribution < -0.4 is 21.3 Å². The molecule has 0 saturated heterocycles. The van der Waals surface area contributed by atoms with E-state index in [1.54, 1.807) is 0 Å². The number of nitrogens with zero attached hydrogens (tertiary/aromatic N) is 3. The van der Waals surface area contributed by atoms with Crippen molar-refractivity contribution < 1.29 is 0 Å². The van der Waals surface area contributed by atoms with Gasteiger partial charge in [-0.3, -0.25) is 0 Å². The van der Waals surface area contributed by atoms with Gasteiger partial charge in [-0.05, 0) is 112 Å². The third kappa shape index (κ3) is 6.49. The molecule has 7 aromatic carbocycles. The Morgan fingerprint density at radius 3 is 1.23 bits per heavy atom. The minimum Gasteiger partial charge on any atom is -0.342 e. The first kappa shape index (κ1) is 39.2. The van der Waals surface area contributed by atoms with E-state index in [0.717, 1.165) is 13.0 Å². The molecule has 0 bridgehead atoms. The first-order chi connectivity index (χ1) is 29.7. The molecule has 3 heterocycles. The minimum atomic E-state index is 0.0222. The summed E-state index contributed by atoms with van der Waals surface area (Å²) in [6, 6.07) is 55.6. The lowest BCUT2D eigenvalue weighted by atomic mass is 9.33. The van der Waals surface area contributed by atoms with Gasteiger partial charge in [0.25, 0.3) is 0 Å². The van der Waals surface area contributed by atoms with Crippen LogP contribution in [0.4, 0.5) is 11.4 Å². The fourth-order valence-corrected chi connectivity index (χ4v) is 10.6. The van der Waals surface area contributed by atoms with Crippen molar-refractivity contribution in [2.45, 2.75) is 91.9 Å². The Labute approximate surface area is 362 Å². The van der Waals surface area contributed by atoms with E-state index in [0.29, 0.717) is 17.8 Å². The SMILES string of the molecule is CCCCCCN1c2ccc(-n3c4ccccc4c4ccccc43)cc2B(c2c(C(C)C)cc(C(C)C)cc2C(C)C)c2cc(-n3c4ccccc4c4ccccc43)ccc21. The normalized spacial score (nSPS) is 12.9. The van der Waals surface area contributed by atoms with Crippen LogP contribution in [0.5, 0.6) is 0 Å². The van der Waals surface area contributed by atoms with E-state index in [1.165, 1.54) is 119 Å². The van der Waals surface area contributed by atoms with Gasteiger partial charge in [-0.2, -0.15) is 0 Å². The summed E-state index contributed by atoms with van der Waals surface area (Å²) in [5.41, 5.74) is 18.7. The van der Waals surface area contributed by atoms with Crippen LogP contribution in [0.2, 0.25) is 0 Å². The molecule has 0 aliphatic carbocycles. The number of rotatable bonds is 11. The van der Waals surface area contributed by atoms with Gasteiger partial charge in [-0.15, -0.1) is 0 Å². The van der Waals surface area contributed by atoms with Crippen molar-refractivity contribution in [3.63, 3.8) is 0 Å². The Kier molecular flexibility index (Phi) is 10.1. The zero-order chi connectivity index (χ0) is 41.9. The molecule has 0 amide bonds. The molecule has 9 aromatic rings. The molecule has 0 spiro atoms. The van der Waals surface area contributed by atoms with Crippen LogP contribution in [0, 0.1) is 0 Å². The molecule has 1 aliphatic heterocycles. The largest absolute Gasteiger partial charge is 0.342 e. The van der Waals surface area contributed by atoms with E-state index in [9.17, 15) is 0 Å². The third-order valence-electron chi connectivity index (χ3n) is 13.6. The van der Waals surface area contributed by atoms with Gasteiger partial charge in [0, 0.05) is 50.8 Å². The summed E-state index contributed by atoms with van der Waals surface area (Å²) >= 11 is 0. The number of hydrogen-bond acceptors (Lipinski definition) is 1. The van der Waals surface area contributed by atoms with Crippen molar-refractivity contribution in [3.8, 4) is 11.4 Å². The van der Waals surface area contributed by atoms with Gasteiger partial charge in [0.15, 0.2) is 0 Å². The first-order valence-electron chi connectivity index (χ1n) is 22.9. The fraction of sp³-hybridized carbons (Fsp3) is 0.263. The summed E-state index contributed by atoms with van der Waals surface area (Å²) in [5.74, 6) is 1.15. The lowest BCUT2D eigenvalue weighted by Crippen LogP contribution is -2.60. The number of para-hydroxylation sites is 4. The van der Waals surface area contributed by atoms with Crippen LogP contribution in [0.25, 0.3) is 55.0 Å². The number of unbranched alkanes of at least 4 members (excludes halogenated alkanes) is 3. The molecular formula is C57H58BN3. The highest BCUT2D eigenvalue weighted by molar-refractivity contribution is 6.98. The van der Waals surface area contributed by atoms with Gasteiger partial charge in [0.1, 0.15) is 0 Å². The second-order valence-corrected chi connectivity index (χ2v) is 18.4. The molecule has 2 aromatic heterocycles. The van der Waals surface area contributed by atoms with Crippen LogP contribution in [-0.4, -0.2) is 22.4 Å². The molecule has 3 nitrogen and oxygen atoms in total. The number of aromatic nitrogens is 2. The summed E-state index contributed by atoms with van der Waals surface area (Å²) in [6.07, 6.45) is 4.86. The second-order valence-electron chi connectivity index (χ2n) is 18.4. The van der Waals surface area contributed by atoms with Crippen LogP contribution >= 0.6 is 0 Å². The number of fused-ring (bicyclic) bond motifs is 8. The van der Waals surface area contributed by atoms with Crippen LogP contribution in [0.1, 0.15) is 109 Å². The topological polar surface area (TPSA) is 13.1 Å². The Balaban J connectivity index is 1.30. The predicted molar refractivity (Wildman–Crippen MR) is 266 cm³/mol. The van der Waals surface area contributed by atoms with Gasteiger partial charge < -0.3 is 14.0 Å². The number of anilines is 2. The lowest BCUT2D eigenvalue weighted by molar-refractivity contribution is 0.668. The maximum Gasteiger partial charge on any atom is 0.247 e. The average molecular weight is 796 g/mol. The van der Waals surface area contributed by atoms with E-state index in [1.807, 2.05) is 0 Å². The van der Waals surface area contributed by atoms with Gasteiger partial charge in [0.2, 0.25) is 6.71 Å². The highest BCUT2D eigenvalue weighted by atomic mass is 15.1. The zero-order valence-electron chi connectivity index (χ0n) is 37.0. The van der Waals surface area contributed by atoms with Crippen LogP contribution in [-0.2, 0) is 0 Å². The second kappa shape index (κ2) is 15.8. The monoisotopic (exact) mass is 795 g/mol. The Hall–Kier alpha value is -6.00. The van der Waals surface area contributed by atoms with Gasteiger partial charge in [-0.1, -0.05) is 158 Å². The molecule has 0 atom stereocenters. The Bertz CT molecular complexity index is 2790. The zero-order valence-corrected chi connectivity index (χ0v) is 37.0. The van der Waals surface area contributed by atoms with E-state index in [2.05, 4.69) is 208 Å². The van der Waals surface area contributed by atoms with Crippen LogP contribution in [0.3, 0.4) is 0 Å². The molecule has 304 valence electrons. The third-order valence-corrected chi connectivity index (χ3v) is 13.6. The van der Waals surface area contributed by atoms with Crippen molar-refractivity contribution in [1.29, 1.82) is 0 Å². The van der Waals surface area contributed by atoms with E-state index < -0.39 is 0 Å². The lowest BCUT2D eigenvalue weighted by Gasteiger charge is -2.39. The van der Waals surface area contributed by atoms with E-state index in [-0.39, 0.29) is 6.71 Å². The summed E-state index contributed by atoms with van der Waals surface area (Å²) in [4.78, 5) is 2.68. The van der Waals surface area contributed by atoms with Gasteiger partial charge in [-0.25, -0.2) is 0 Å². The summed E-state index contributed by atoms with van der Waals surface area (Å²) < 4.78 is 5.01. The molecule has 0 unspecified atom stereocenters. The Morgan fingerprint density at radius 1 is 0.443 bits per heavy atom. The van der Waals surface area contributed by atoms with E-state index >= 15 is 0 Å². The summed E-state index contributed by atoms with van der Waals surface area (Å²) in [5, 5.41) is 5.16. The highest BCUT2D eigenvalue weighted by Crippen LogP contribution is 2.38. The number of hydrogen-bond donors (Lipinski definition) is 0. The molecular weight excluding hydrogens is 737 g/mol. The smallest absolute Gasteiger partial charge is 0.247 e. The Morgan fingerprint density at radius 2 is 0.852 bits per heavy atom. The molecule has 61 heavy (non-hydrogen) atoms. The van der Waals surface area contributed by atoms with Crippen molar-refractivity contribution in [3.05, 3.63) is 162 Å². The van der Waals surface area contributed by atoms with Crippen LogP contribution in [0.15, 0.2) is 146 Å². The predicted octanol–water partition coefficient (Wildman–Crippen LogP) is 13.8. The van der Waals surface area contributed by atoms with Gasteiger partial charge >= 0.3 is 0 Å². The average Bonchev–Trinajstić information content (AvgIpc) is 3.80. The molecule has 0 fully saturated rings. The minimum absolute atomic E-state index is 0.0222. The van der Waals surface area contributed by atoms with Crippen molar-refractivity contribution in [2.24, 2.45) is 0 Å². The molecule has 0 N–H and O–H groups in total. The quantitative estimate of drug-likeness (QED) is 0.0939. The maximum atomic E-state index is 2.68. The molecule has 10 rings (SSSR count). The fourth-order valence-electron chi connectivity index (χ4n) is 10.6. The summed E-state index contributed by atoms with van der Waals surface area (Å²) in [6.45, 7) is 17.6. The van der Waals surface area contributed by atoms with Crippen molar-refractivity contribution >= 4 is 78.1 Å².